The lowest BCUT2D eigenvalue weighted by Gasteiger charge is -2.21. The lowest BCUT2D eigenvalue weighted by molar-refractivity contribution is 0.199. The lowest BCUT2D eigenvalue weighted by atomic mass is 10.1. The molecule has 4 heteroatoms. The number of aliphatic hydroxyl groups is 1. The second-order valence-electron chi connectivity index (χ2n) is 4.87. The Morgan fingerprint density at radius 1 is 1.20 bits per heavy atom. The van der Waals surface area contributed by atoms with Gasteiger partial charge in [-0.25, -0.2) is 4.39 Å². The number of nitrogens with zero attached hydrogens (tertiary/aromatic N) is 1. The van der Waals surface area contributed by atoms with Crippen LogP contribution in [0, 0.1) is 5.82 Å². The molecule has 2 nitrogen and oxygen atoms in total. The third-order valence-corrected chi connectivity index (χ3v) is 3.45. The average molecular weight is 294 g/mol. The van der Waals surface area contributed by atoms with Crippen molar-refractivity contribution >= 4 is 17.3 Å². The molecule has 2 aromatic carbocycles. The largest absolute Gasteiger partial charge is 0.389 e. The summed E-state index contributed by atoms with van der Waals surface area (Å²) < 4.78 is 14.1. The first-order chi connectivity index (χ1) is 9.47. The Kier molecular flexibility index (Phi) is 4.63. The molecule has 0 aliphatic rings. The number of aliphatic hydroxyl groups excluding tert-OH is 1. The van der Waals surface area contributed by atoms with Crippen molar-refractivity contribution in [3.63, 3.8) is 0 Å². The molecule has 0 aliphatic heterocycles. The Balaban J connectivity index is 2.16. The van der Waals surface area contributed by atoms with E-state index in [2.05, 4.69) is 0 Å². The van der Waals surface area contributed by atoms with E-state index < -0.39 is 6.10 Å². The Labute approximate surface area is 123 Å². The Morgan fingerprint density at radius 2 is 1.85 bits per heavy atom. The molecule has 0 heterocycles. The standard InChI is InChI=1S/C16H17ClFNO/c1-11(20)13-5-8-16(15(18)9-13)19(2)10-12-3-6-14(17)7-4-12/h3-9,11,20H,10H2,1-2H3/t11-/m0/s1. The summed E-state index contributed by atoms with van der Waals surface area (Å²) in [5, 5.41) is 10.1. The molecule has 2 aromatic rings. The number of anilines is 1. The molecule has 0 aliphatic carbocycles. The number of halogens is 2. The zero-order valence-corrected chi connectivity index (χ0v) is 12.2. The van der Waals surface area contributed by atoms with Crippen LogP contribution < -0.4 is 4.90 Å². The van der Waals surface area contributed by atoms with Crippen LogP contribution in [0.25, 0.3) is 0 Å². The predicted molar refractivity (Wildman–Crippen MR) is 80.6 cm³/mol. The molecular formula is C16H17ClFNO. The summed E-state index contributed by atoms with van der Waals surface area (Å²) in [6.45, 7) is 2.20. The molecule has 20 heavy (non-hydrogen) atoms. The highest BCUT2D eigenvalue weighted by atomic mass is 35.5. The number of rotatable bonds is 4. The maximum Gasteiger partial charge on any atom is 0.146 e. The van der Waals surface area contributed by atoms with Crippen LogP contribution in [0.15, 0.2) is 42.5 Å². The average Bonchev–Trinajstić information content (AvgIpc) is 2.41. The van der Waals surface area contributed by atoms with Crippen molar-refractivity contribution in [2.75, 3.05) is 11.9 Å². The van der Waals surface area contributed by atoms with Crippen LogP contribution in [0.5, 0.6) is 0 Å². The summed E-state index contributed by atoms with van der Waals surface area (Å²) in [6, 6.07) is 12.3. The summed E-state index contributed by atoms with van der Waals surface area (Å²) in [5.41, 5.74) is 2.13. The third kappa shape index (κ3) is 3.50. The van der Waals surface area contributed by atoms with E-state index in [4.69, 9.17) is 11.6 Å². The van der Waals surface area contributed by atoms with Gasteiger partial charge in [-0.15, -0.1) is 0 Å². The van der Waals surface area contributed by atoms with Crippen LogP contribution in [-0.2, 0) is 6.54 Å². The van der Waals surface area contributed by atoms with Gasteiger partial charge in [-0.3, -0.25) is 0 Å². The molecule has 0 spiro atoms. The summed E-state index contributed by atoms with van der Waals surface area (Å²) in [7, 11) is 1.83. The fourth-order valence-corrected chi connectivity index (χ4v) is 2.17. The minimum absolute atomic E-state index is 0.333. The van der Waals surface area contributed by atoms with E-state index in [1.54, 1.807) is 19.1 Å². The van der Waals surface area contributed by atoms with Crippen molar-refractivity contribution < 1.29 is 9.50 Å². The first-order valence-corrected chi connectivity index (χ1v) is 6.78. The van der Waals surface area contributed by atoms with Crippen LogP contribution in [0.3, 0.4) is 0 Å². The highest BCUT2D eigenvalue weighted by Crippen LogP contribution is 2.24. The molecule has 1 atom stereocenters. The monoisotopic (exact) mass is 293 g/mol. The zero-order chi connectivity index (χ0) is 14.7. The Morgan fingerprint density at radius 3 is 2.40 bits per heavy atom. The van der Waals surface area contributed by atoms with E-state index in [1.165, 1.54) is 6.07 Å². The molecule has 1 N–H and O–H groups in total. The summed E-state index contributed by atoms with van der Waals surface area (Å²) >= 11 is 5.84. The molecule has 0 aromatic heterocycles. The van der Waals surface area contributed by atoms with Crippen LogP contribution in [0.4, 0.5) is 10.1 Å². The second-order valence-corrected chi connectivity index (χ2v) is 5.31. The minimum atomic E-state index is -0.667. The molecule has 2 rings (SSSR count). The molecule has 106 valence electrons. The van der Waals surface area contributed by atoms with Gasteiger partial charge in [-0.05, 0) is 42.3 Å². The minimum Gasteiger partial charge on any atom is -0.389 e. The number of benzene rings is 2. The van der Waals surface area contributed by atoms with Crippen molar-refractivity contribution in [2.24, 2.45) is 0 Å². The zero-order valence-electron chi connectivity index (χ0n) is 11.5. The normalized spacial score (nSPS) is 12.2. The smallest absolute Gasteiger partial charge is 0.146 e. The Bertz CT molecular complexity index is 584. The SMILES string of the molecule is C[C@H](O)c1ccc(N(C)Cc2ccc(Cl)cc2)c(F)c1. The molecule has 0 bridgehead atoms. The van der Waals surface area contributed by atoms with Gasteiger partial charge in [0.1, 0.15) is 5.82 Å². The molecule has 0 amide bonds. The summed E-state index contributed by atoms with van der Waals surface area (Å²) in [4.78, 5) is 1.82. The molecule has 0 radical (unpaired) electrons. The molecule has 0 saturated carbocycles. The van der Waals surface area contributed by atoms with Gasteiger partial charge < -0.3 is 10.0 Å². The van der Waals surface area contributed by atoms with Crippen LogP contribution in [0.2, 0.25) is 5.02 Å². The maximum absolute atomic E-state index is 14.1. The first-order valence-electron chi connectivity index (χ1n) is 6.40. The van der Waals surface area contributed by atoms with Gasteiger partial charge in [-0.1, -0.05) is 29.8 Å². The van der Waals surface area contributed by atoms with Gasteiger partial charge in [0.15, 0.2) is 0 Å². The molecule has 0 unspecified atom stereocenters. The number of hydrogen-bond donors (Lipinski definition) is 1. The predicted octanol–water partition coefficient (Wildman–Crippen LogP) is 4.17. The number of hydrogen-bond acceptors (Lipinski definition) is 2. The lowest BCUT2D eigenvalue weighted by Crippen LogP contribution is -2.17. The topological polar surface area (TPSA) is 23.5 Å². The van der Waals surface area contributed by atoms with Gasteiger partial charge in [0.2, 0.25) is 0 Å². The van der Waals surface area contributed by atoms with Gasteiger partial charge in [0.25, 0.3) is 0 Å². The van der Waals surface area contributed by atoms with Gasteiger partial charge in [-0.2, -0.15) is 0 Å². The van der Waals surface area contributed by atoms with Crippen molar-refractivity contribution in [1.82, 2.24) is 0 Å². The van der Waals surface area contributed by atoms with E-state index in [9.17, 15) is 9.50 Å². The molecular weight excluding hydrogens is 277 g/mol. The van der Waals surface area contributed by atoms with Gasteiger partial charge in [0, 0.05) is 18.6 Å². The fourth-order valence-electron chi connectivity index (χ4n) is 2.04. The first kappa shape index (κ1) is 14.8. The van der Waals surface area contributed by atoms with E-state index in [0.717, 1.165) is 5.56 Å². The van der Waals surface area contributed by atoms with Crippen molar-refractivity contribution in [1.29, 1.82) is 0 Å². The van der Waals surface area contributed by atoms with Crippen molar-refractivity contribution in [3.05, 3.63) is 64.4 Å². The van der Waals surface area contributed by atoms with Crippen LogP contribution in [0.1, 0.15) is 24.2 Å². The third-order valence-electron chi connectivity index (χ3n) is 3.20. The van der Waals surface area contributed by atoms with Crippen molar-refractivity contribution in [3.8, 4) is 0 Å². The van der Waals surface area contributed by atoms with Gasteiger partial charge >= 0.3 is 0 Å². The van der Waals surface area contributed by atoms with E-state index >= 15 is 0 Å². The van der Waals surface area contributed by atoms with E-state index in [0.29, 0.717) is 22.8 Å². The Hall–Kier alpha value is -1.58. The van der Waals surface area contributed by atoms with Crippen LogP contribution in [-0.4, -0.2) is 12.2 Å². The van der Waals surface area contributed by atoms with Crippen LogP contribution >= 0.6 is 11.6 Å². The maximum atomic E-state index is 14.1. The summed E-state index contributed by atoms with van der Waals surface area (Å²) in [6.07, 6.45) is -0.667. The fraction of sp³-hybridized carbons (Fsp3) is 0.250. The highest BCUT2D eigenvalue weighted by molar-refractivity contribution is 6.30. The summed E-state index contributed by atoms with van der Waals surface area (Å²) in [5.74, 6) is -0.333. The second kappa shape index (κ2) is 6.25. The highest BCUT2D eigenvalue weighted by Gasteiger charge is 2.11. The van der Waals surface area contributed by atoms with Crippen molar-refractivity contribution in [2.45, 2.75) is 19.6 Å². The molecule has 0 fully saturated rings. The van der Waals surface area contributed by atoms with E-state index in [1.807, 2.05) is 36.2 Å². The molecule has 0 saturated heterocycles. The van der Waals surface area contributed by atoms with Gasteiger partial charge in [0.05, 0.1) is 11.8 Å². The quantitative estimate of drug-likeness (QED) is 0.914. The van der Waals surface area contributed by atoms with E-state index in [-0.39, 0.29) is 5.82 Å².